The minimum atomic E-state index is -0.781. The van der Waals surface area contributed by atoms with E-state index in [9.17, 15) is 8.78 Å². The van der Waals surface area contributed by atoms with Gasteiger partial charge in [0.2, 0.25) is 0 Å². The fourth-order valence-corrected chi connectivity index (χ4v) is 2.37. The van der Waals surface area contributed by atoms with Gasteiger partial charge in [0.25, 0.3) is 0 Å². The van der Waals surface area contributed by atoms with E-state index >= 15 is 0 Å². The topological polar surface area (TPSA) is 0 Å². The van der Waals surface area contributed by atoms with Gasteiger partial charge in [0, 0.05) is 4.83 Å². The van der Waals surface area contributed by atoms with Crippen molar-refractivity contribution in [1.82, 2.24) is 0 Å². The third-order valence-corrected chi connectivity index (χ3v) is 4.00. The van der Waals surface area contributed by atoms with Gasteiger partial charge in [-0.2, -0.15) is 0 Å². The maximum absolute atomic E-state index is 13.0. The van der Waals surface area contributed by atoms with E-state index in [0.29, 0.717) is 10.7 Å². The molecule has 0 fully saturated rings. The summed E-state index contributed by atoms with van der Waals surface area (Å²) in [5, 5.41) is 0. The molecule has 0 radical (unpaired) electrons. The van der Waals surface area contributed by atoms with Gasteiger partial charge < -0.3 is 0 Å². The van der Waals surface area contributed by atoms with Crippen LogP contribution < -0.4 is 0 Å². The highest BCUT2D eigenvalue weighted by molar-refractivity contribution is 9.09. The molecule has 0 N–H and O–H groups in total. The second-order valence-corrected chi connectivity index (χ2v) is 5.41. The van der Waals surface area contributed by atoms with E-state index in [-0.39, 0.29) is 0 Å². The van der Waals surface area contributed by atoms with Crippen molar-refractivity contribution in [3.63, 3.8) is 0 Å². The highest BCUT2D eigenvalue weighted by Gasteiger charge is 2.14. The van der Waals surface area contributed by atoms with E-state index in [4.69, 9.17) is 0 Å². The zero-order valence-electron chi connectivity index (χ0n) is 9.64. The molecule has 2 unspecified atom stereocenters. The number of alkyl halides is 1. The lowest BCUT2D eigenvalue weighted by Crippen LogP contribution is -2.13. The number of rotatable bonds is 5. The third kappa shape index (κ3) is 3.85. The summed E-state index contributed by atoms with van der Waals surface area (Å²) in [7, 11) is 0. The van der Waals surface area contributed by atoms with Crippen LogP contribution in [0.3, 0.4) is 0 Å². The molecule has 0 bridgehead atoms. The Morgan fingerprint density at radius 3 is 2.50 bits per heavy atom. The van der Waals surface area contributed by atoms with Crippen molar-refractivity contribution in [3.05, 3.63) is 35.4 Å². The molecule has 0 saturated heterocycles. The Kier molecular flexibility index (Phi) is 5.39. The molecule has 90 valence electrons. The Labute approximate surface area is 104 Å². The second kappa shape index (κ2) is 6.33. The lowest BCUT2D eigenvalue weighted by molar-refractivity contribution is 0.495. The molecule has 0 spiro atoms. The van der Waals surface area contributed by atoms with Gasteiger partial charge in [0.1, 0.15) is 0 Å². The van der Waals surface area contributed by atoms with Crippen molar-refractivity contribution in [2.75, 3.05) is 0 Å². The smallest absolute Gasteiger partial charge is 0.159 e. The standard InChI is InChI=1S/C13H17BrF2/c1-3-4-9(2)11(14)7-10-5-6-12(15)13(16)8-10/h5-6,8-9,11H,3-4,7H2,1-2H3. The molecule has 1 rings (SSSR count). The number of halogens is 3. The van der Waals surface area contributed by atoms with Crippen LogP contribution in [0, 0.1) is 17.6 Å². The van der Waals surface area contributed by atoms with Crippen LogP contribution in [0.5, 0.6) is 0 Å². The molecule has 1 aromatic carbocycles. The van der Waals surface area contributed by atoms with Crippen molar-refractivity contribution in [2.24, 2.45) is 5.92 Å². The molecule has 0 amide bonds. The monoisotopic (exact) mass is 290 g/mol. The van der Waals surface area contributed by atoms with Crippen LogP contribution in [0.1, 0.15) is 32.3 Å². The predicted octanol–water partition coefficient (Wildman–Crippen LogP) is 4.71. The summed E-state index contributed by atoms with van der Waals surface area (Å²) in [4.78, 5) is 0.317. The van der Waals surface area contributed by atoms with Crippen LogP contribution in [0.25, 0.3) is 0 Å². The summed E-state index contributed by atoms with van der Waals surface area (Å²) in [6.07, 6.45) is 3.01. The summed E-state index contributed by atoms with van der Waals surface area (Å²) in [6.45, 7) is 4.32. The molecule has 0 aromatic heterocycles. The maximum atomic E-state index is 13.0. The SMILES string of the molecule is CCCC(C)C(Br)Cc1ccc(F)c(F)c1. The van der Waals surface area contributed by atoms with E-state index in [1.165, 1.54) is 12.1 Å². The van der Waals surface area contributed by atoms with E-state index in [0.717, 1.165) is 24.8 Å². The van der Waals surface area contributed by atoms with Crippen LogP contribution in [0.4, 0.5) is 8.78 Å². The van der Waals surface area contributed by atoms with E-state index in [2.05, 4.69) is 29.8 Å². The van der Waals surface area contributed by atoms with E-state index in [1.54, 1.807) is 6.07 Å². The third-order valence-electron chi connectivity index (χ3n) is 2.78. The Hall–Kier alpha value is -0.440. The quantitative estimate of drug-likeness (QED) is 0.689. The molecule has 0 saturated carbocycles. The van der Waals surface area contributed by atoms with Crippen LogP contribution in [-0.2, 0) is 6.42 Å². The van der Waals surface area contributed by atoms with Crippen molar-refractivity contribution >= 4 is 15.9 Å². The first-order chi connectivity index (χ1) is 7.54. The molecule has 1 aromatic rings. The highest BCUT2D eigenvalue weighted by Crippen LogP contribution is 2.22. The Balaban J connectivity index is 2.62. The van der Waals surface area contributed by atoms with E-state index in [1.807, 2.05) is 0 Å². The van der Waals surface area contributed by atoms with Crippen LogP contribution in [0.15, 0.2) is 18.2 Å². The summed E-state index contributed by atoms with van der Waals surface area (Å²) in [6, 6.07) is 4.11. The van der Waals surface area contributed by atoms with Crippen molar-refractivity contribution < 1.29 is 8.78 Å². The van der Waals surface area contributed by atoms with Crippen molar-refractivity contribution in [3.8, 4) is 0 Å². The summed E-state index contributed by atoms with van der Waals surface area (Å²) < 4.78 is 25.7. The lowest BCUT2D eigenvalue weighted by Gasteiger charge is -2.17. The average molecular weight is 291 g/mol. The first-order valence-corrected chi connectivity index (χ1v) is 6.54. The molecule has 0 aliphatic rings. The molecule has 0 nitrogen and oxygen atoms in total. The fourth-order valence-electron chi connectivity index (χ4n) is 1.73. The molecule has 0 heterocycles. The zero-order valence-corrected chi connectivity index (χ0v) is 11.2. The van der Waals surface area contributed by atoms with Gasteiger partial charge >= 0.3 is 0 Å². The zero-order chi connectivity index (χ0) is 12.1. The number of hydrogen-bond acceptors (Lipinski definition) is 0. The van der Waals surface area contributed by atoms with Gasteiger partial charge in [0.15, 0.2) is 11.6 Å². The summed E-state index contributed by atoms with van der Waals surface area (Å²) in [5.74, 6) is -1.00. The lowest BCUT2D eigenvalue weighted by atomic mass is 9.97. The first kappa shape index (κ1) is 13.6. The molecule has 0 aliphatic carbocycles. The molecular formula is C13H17BrF2. The largest absolute Gasteiger partial charge is 0.204 e. The minimum Gasteiger partial charge on any atom is -0.204 e. The minimum absolute atomic E-state index is 0.317. The van der Waals surface area contributed by atoms with Gasteiger partial charge in [-0.05, 0) is 36.5 Å². The molecular weight excluding hydrogens is 274 g/mol. The van der Waals surface area contributed by atoms with Gasteiger partial charge in [-0.3, -0.25) is 0 Å². The molecule has 3 heteroatoms. The normalized spacial score (nSPS) is 14.8. The maximum Gasteiger partial charge on any atom is 0.159 e. The number of hydrogen-bond donors (Lipinski definition) is 0. The second-order valence-electron chi connectivity index (χ2n) is 4.23. The van der Waals surface area contributed by atoms with Crippen LogP contribution >= 0.6 is 15.9 Å². The molecule has 16 heavy (non-hydrogen) atoms. The predicted molar refractivity (Wildman–Crippen MR) is 66.8 cm³/mol. The Morgan fingerprint density at radius 1 is 1.25 bits per heavy atom. The van der Waals surface area contributed by atoms with Gasteiger partial charge in [0.05, 0.1) is 0 Å². The summed E-state index contributed by atoms with van der Waals surface area (Å²) >= 11 is 3.61. The number of benzene rings is 1. The van der Waals surface area contributed by atoms with Gasteiger partial charge in [-0.15, -0.1) is 0 Å². The van der Waals surface area contributed by atoms with Crippen molar-refractivity contribution in [1.29, 1.82) is 0 Å². The Bertz CT molecular complexity index is 339. The van der Waals surface area contributed by atoms with Gasteiger partial charge in [-0.25, -0.2) is 8.78 Å². The summed E-state index contributed by atoms with van der Waals surface area (Å²) in [5.41, 5.74) is 0.837. The fraction of sp³-hybridized carbons (Fsp3) is 0.538. The van der Waals surface area contributed by atoms with Gasteiger partial charge in [-0.1, -0.05) is 42.3 Å². The molecule has 0 aliphatic heterocycles. The first-order valence-electron chi connectivity index (χ1n) is 5.62. The van der Waals surface area contributed by atoms with Crippen LogP contribution in [0.2, 0.25) is 0 Å². The average Bonchev–Trinajstić information content (AvgIpc) is 2.24. The van der Waals surface area contributed by atoms with Crippen LogP contribution in [-0.4, -0.2) is 4.83 Å². The Morgan fingerprint density at radius 2 is 1.94 bits per heavy atom. The highest BCUT2D eigenvalue weighted by atomic mass is 79.9. The molecule has 2 atom stereocenters. The van der Waals surface area contributed by atoms with E-state index < -0.39 is 11.6 Å². The van der Waals surface area contributed by atoms with Crippen molar-refractivity contribution in [2.45, 2.75) is 37.9 Å².